The molecule has 25 heavy (non-hydrogen) atoms. The summed E-state index contributed by atoms with van der Waals surface area (Å²) < 4.78 is 2.11. The van der Waals surface area contributed by atoms with Gasteiger partial charge in [-0.25, -0.2) is 4.98 Å². The third-order valence-electron chi connectivity index (χ3n) is 5.47. The summed E-state index contributed by atoms with van der Waals surface area (Å²) in [5.41, 5.74) is 3.24. The molecule has 4 heterocycles. The van der Waals surface area contributed by atoms with E-state index in [9.17, 15) is 14.7 Å². The van der Waals surface area contributed by atoms with E-state index in [0.717, 1.165) is 23.6 Å². The fourth-order valence-corrected chi connectivity index (χ4v) is 5.92. The maximum atomic E-state index is 12.3. The van der Waals surface area contributed by atoms with Crippen LogP contribution in [0, 0.1) is 5.92 Å². The third-order valence-corrected chi connectivity index (χ3v) is 6.88. The third kappa shape index (κ3) is 1.65. The molecule has 8 heteroatoms. The number of amides is 1. The molecule has 1 saturated carbocycles. The molecular weight excluding hydrogens is 349 g/mol. The second-order valence-electron chi connectivity index (χ2n) is 6.56. The van der Waals surface area contributed by atoms with Crippen LogP contribution in [0.25, 0.3) is 11.4 Å². The van der Waals surface area contributed by atoms with Crippen LogP contribution in [0.5, 0.6) is 0 Å². The largest absolute Gasteiger partial charge is 1.00 e. The number of rotatable bonds is 2. The summed E-state index contributed by atoms with van der Waals surface area (Å²) in [5.74, 6) is -0.708. The van der Waals surface area contributed by atoms with Crippen molar-refractivity contribution in [1.29, 1.82) is 0 Å². The summed E-state index contributed by atoms with van der Waals surface area (Å²) in [4.78, 5) is 29.2. The van der Waals surface area contributed by atoms with Crippen molar-refractivity contribution in [3.05, 3.63) is 52.8 Å². The van der Waals surface area contributed by atoms with Crippen molar-refractivity contribution in [1.82, 2.24) is 14.5 Å². The summed E-state index contributed by atoms with van der Waals surface area (Å²) >= 11 is 1.41. The van der Waals surface area contributed by atoms with Gasteiger partial charge in [0.1, 0.15) is 10.7 Å². The normalized spacial score (nSPS) is 29.7. The standard InChI is InChI=1S/C17H11N3O3S.Na/c21-15-13-12(17(13)20(15)11(7-24-17)16(22)23)10-6-19-5-8-3-1-2-4-9(8)14(19)18-10;/h1-4,6-7,12-13H,5H2,(H,22,23);/q;+1/p-1. The van der Waals surface area contributed by atoms with E-state index < -0.39 is 10.8 Å². The molecule has 3 aliphatic heterocycles. The monoisotopic (exact) mass is 359 g/mol. The molecule has 1 saturated heterocycles. The second kappa shape index (κ2) is 4.79. The molecule has 0 bridgehead atoms. The predicted molar refractivity (Wildman–Crippen MR) is 83.3 cm³/mol. The number of hydrogen-bond donors (Lipinski definition) is 0. The van der Waals surface area contributed by atoms with Gasteiger partial charge in [-0.1, -0.05) is 24.3 Å². The van der Waals surface area contributed by atoms with E-state index in [1.54, 1.807) is 0 Å². The minimum absolute atomic E-state index is 0. The van der Waals surface area contributed by atoms with Crippen LogP contribution in [0.2, 0.25) is 0 Å². The molecule has 3 unspecified atom stereocenters. The molecule has 3 atom stereocenters. The average Bonchev–Trinajstić information content (AvgIpc) is 2.90. The number of aliphatic carboxylic acids is 1. The van der Waals surface area contributed by atoms with Gasteiger partial charge >= 0.3 is 29.6 Å². The minimum atomic E-state index is -1.29. The van der Waals surface area contributed by atoms with Gasteiger partial charge in [0.2, 0.25) is 5.91 Å². The Balaban J connectivity index is 0.00000140. The zero-order valence-electron chi connectivity index (χ0n) is 13.3. The molecule has 1 spiro atoms. The minimum Gasteiger partial charge on any atom is -0.543 e. The van der Waals surface area contributed by atoms with Crippen molar-refractivity contribution in [2.45, 2.75) is 17.3 Å². The number of nitrogens with zero attached hydrogens (tertiary/aromatic N) is 3. The van der Waals surface area contributed by atoms with Crippen LogP contribution in [0.15, 0.2) is 41.6 Å². The van der Waals surface area contributed by atoms with Crippen LogP contribution < -0.4 is 34.7 Å². The Morgan fingerprint density at radius 1 is 1.32 bits per heavy atom. The van der Waals surface area contributed by atoms with E-state index in [0.29, 0.717) is 0 Å². The maximum absolute atomic E-state index is 12.3. The number of carbonyl (C=O) groups is 2. The Hall–Kier alpha value is -1.54. The van der Waals surface area contributed by atoms with Crippen molar-refractivity contribution in [2.24, 2.45) is 5.92 Å². The van der Waals surface area contributed by atoms with Crippen LogP contribution in [-0.4, -0.2) is 31.2 Å². The molecule has 4 aliphatic rings. The number of carboxylic acid groups (broad SMARTS) is 1. The molecule has 0 N–H and O–H groups in total. The number of β-lactam (4-membered cyclic amide) rings is 1. The molecular formula is C17H10N3NaO3S. The Morgan fingerprint density at radius 3 is 2.92 bits per heavy atom. The summed E-state index contributed by atoms with van der Waals surface area (Å²) in [6, 6.07) is 8.17. The molecule has 1 amide bonds. The van der Waals surface area contributed by atoms with Crippen LogP contribution in [0.1, 0.15) is 17.2 Å². The molecule has 2 aromatic rings. The first-order valence-electron chi connectivity index (χ1n) is 7.71. The van der Waals surface area contributed by atoms with Gasteiger partial charge in [-0.2, -0.15) is 0 Å². The van der Waals surface area contributed by atoms with Crippen LogP contribution >= 0.6 is 11.8 Å². The van der Waals surface area contributed by atoms with Crippen LogP contribution in [-0.2, 0) is 16.1 Å². The summed E-state index contributed by atoms with van der Waals surface area (Å²) in [6.07, 6.45) is 2.01. The van der Waals surface area contributed by atoms with Gasteiger partial charge in [-0.15, -0.1) is 11.8 Å². The fourth-order valence-electron chi connectivity index (χ4n) is 4.41. The summed E-state index contributed by atoms with van der Waals surface area (Å²) in [6.45, 7) is 0.788. The Labute approximate surface area is 169 Å². The van der Waals surface area contributed by atoms with Gasteiger partial charge in [0.05, 0.1) is 29.2 Å². The maximum Gasteiger partial charge on any atom is 1.00 e. The van der Waals surface area contributed by atoms with Gasteiger partial charge in [0, 0.05) is 18.3 Å². The zero-order valence-corrected chi connectivity index (χ0v) is 16.1. The van der Waals surface area contributed by atoms with Gasteiger partial charge in [-0.3, -0.25) is 9.69 Å². The number of aromatic nitrogens is 2. The number of hydrogen-bond acceptors (Lipinski definition) is 5. The summed E-state index contributed by atoms with van der Waals surface area (Å²) in [5, 5.41) is 12.7. The van der Waals surface area contributed by atoms with Crippen molar-refractivity contribution in [3.63, 3.8) is 0 Å². The van der Waals surface area contributed by atoms with Crippen molar-refractivity contribution >= 4 is 23.6 Å². The first-order chi connectivity index (χ1) is 11.6. The molecule has 1 aliphatic carbocycles. The van der Waals surface area contributed by atoms with E-state index in [4.69, 9.17) is 4.98 Å². The molecule has 0 radical (unpaired) electrons. The van der Waals surface area contributed by atoms with Crippen molar-refractivity contribution < 1.29 is 44.3 Å². The number of thioether (sulfide) groups is 1. The van der Waals surface area contributed by atoms with E-state index in [1.807, 2.05) is 18.3 Å². The molecule has 1 aromatic carbocycles. The van der Waals surface area contributed by atoms with Crippen LogP contribution in [0.4, 0.5) is 0 Å². The molecule has 6 rings (SSSR count). The average molecular weight is 359 g/mol. The molecule has 6 nitrogen and oxygen atoms in total. The number of imidazole rings is 1. The number of fused-ring (bicyclic) bond motifs is 3. The topological polar surface area (TPSA) is 78.3 Å². The van der Waals surface area contributed by atoms with Gasteiger partial charge in [0.15, 0.2) is 0 Å². The van der Waals surface area contributed by atoms with Crippen LogP contribution in [0.3, 0.4) is 0 Å². The fraction of sp³-hybridized carbons (Fsp3) is 0.235. The first-order valence-corrected chi connectivity index (χ1v) is 8.59. The van der Waals surface area contributed by atoms with Gasteiger partial charge in [0.25, 0.3) is 0 Å². The Bertz CT molecular complexity index is 1020. The first kappa shape index (κ1) is 15.7. The molecule has 2 fully saturated rings. The Kier molecular flexibility index (Phi) is 3.01. The van der Waals surface area contributed by atoms with E-state index >= 15 is 0 Å². The molecule has 118 valence electrons. The van der Waals surface area contributed by atoms with Crippen molar-refractivity contribution in [2.75, 3.05) is 0 Å². The van der Waals surface area contributed by atoms with Gasteiger partial charge < -0.3 is 14.5 Å². The number of benzene rings is 1. The predicted octanol–water partition coefficient (Wildman–Crippen LogP) is -2.49. The molecule has 1 aromatic heterocycles. The SMILES string of the molecule is O=C([O-])C1=CSC23C(C(=O)N12)C3c1cn2c(n1)-c1ccccc1C2.[Na+]. The second-order valence-corrected chi connectivity index (χ2v) is 7.69. The number of carbonyl (C=O) groups excluding carboxylic acids is 2. The number of carboxylic acids is 1. The van der Waals surface area contributed by atoms with Gasteiger partial charge in [-0.05, 0) is 11.0 Å². The van der Waals surface area contributed by atoms with E-state index in [1.165, 1.54) is 27.6 Å². The quantitative estimate of drug-likeness (QED) is 0.374. The summed E-state index contributed by atoms with van der Waals surface area (Å²) in [7, 11) is 0. The zero-order chi connectivity index (χ0) is 16.2. The van der Waals surface area contributed by atoms with E-state index in [2.05, 4.69) is 16.7 Å². The Morgan fingerprint density at radius 2 is 2.12 bits per heavy atom. The smallest absolute Gasteiger partial charge is 0.543 e. The van der Waals surface area contributed by atoms with E-state index in [-0.39, 0.29) is 53.0 Å². The van der Waals surface area contributed by atoms with Crippen molar-refractivity contribution in [3.8, 4) is 11.4 Å².